The molecule has 108 valence electrons. The molecule has 0 saturated heterocycles. The summed E-state index contributed by atoms with van der Waals surface area (Å²) < 4.78 is 1.77. The van der Waals surface area contributed by atoms with Gasteiger partial charge in [0.05, 0.1) is 11.4 Å². The molecular formula is C13H25N5O. The first-order valence-corrected chi connectivity index (χ1v) is 6.73. The minimum absolute atomic E-state index is 0.0328. The molecule has 1 heterocycles. The van der Waals surface area contributed by atoms with Crippen LogP contribution in [0.3, 0.4) is 0 Å². The van der Waals surface area contributed by atoms with Gasteiger partial charge in [-0.05, 0) is 26.7 Å². The third-order valence-corrected chi connectivity index (χ3v) is 2.90. The van der Waals surface area contributed by atoms with Crippen LogP contribution in [0.5, 0.6) is 0 Å². The lowest BCUT2D eigenvalue weighted by Crippen LogP contribution is -2.39. The summed E-state index contributed by atoms with van der Waals surface area (Å²) in [6.07, 6.45) is 0. The molecule has 6 nitrogen and oxygen atoms in total. The van der Waals surface area contributed by atoms with Gasteiger partial charge in [0.25, 0.3) is 0 Å². The Kier molecular flexibility index (Phi) is 5.20. The summed E-state index contributed by atoms with van der Waals surface area (Å²) in [6, 6.07) is -0.345. The second kappa shape index (κ2) is 6.45. The maximum Gasteiger partial charge on any atom is 0.242 e. The fourth-order valence-corrected chi connectivity index (χ4v) is 1.70. The molecule has 1 unspecified atom stereocenters. The van der Waals surface area contributed by atoms with Crippen LogP contribution in [0.25, 0.3) is 0 Å². The van der Waals surface area contributed by atoms with E-state index in [-0.39, 0.29) is 11.9 Å². The molecular weight excluding hydrogens is 242 g/mol. The zero-order valence-corrected chi connectivity index (χ0v) is 12.4. The second-order valence-electron chi connectivity index (χ2n) is 5.17. The quantitative estimate of drug-likeness (QED) is 0.726. The van der Waals surface area contributed by atoms with Crippen LogP contribution in [0, 0.1) is 12.8 Å². The minimum atomic E-state index is -0.345. The van der Waals surface area contributed by atoms with Gasteiger partial charge in [0.15, 0.2) is 0 Å². The number of rotatable bonds is 6. The molecule has 1 aromatic heterocycles. The average molecular weight is 267 g/mol. The molecule has 0 aromatic carbocycles. The van der Waals surface area contributed by atoms with E-state index in [1.807, 2.05) is 20.8 Å². The average Bonchev–Trinajstić information content (AvgIpc) is 2.63. The van der Waals surface area contributed by atoms with Crippen molar-refractivity contribution in [2.75, 3.05) is 17.6 Å². The van der Waals surface area contributed by atoms with E-state index < -0.39 is 0 Å². The van der Waals surface area contributed by atoms with Crippen molar-refractivity contribution in [3.8, 4) is 0 Å². The van der Waals surface area contributed by atoms with Crippen LogP contribution in [0.1, 0.15) is 33.4 Å². The van der Waals surface area contributed by atoms with E-state index in [4.69, 9.17) is 5.73 Å². The van der Waals surface area contributed by atoms with Crippen molar-refractivity contribution in [2.24, 2.45) is 5.92 Å². The molecule has 0 aliphatic heterocycles. The van der Waals surface area contributed by atoms with Crippen molar-refractivity contribution in [2.45, 2.75) is 47.2 Å². The van der Waals surface area contributed by atoms with Crippen molar-refractivity contribution in [1.82, 2.24) is 15.1 Å². The minimum Gasteiger partial charge on any atom is -0.394 e. The molecule has 6 heteroatoms. The van der Waals surface area contributed by atoms with Crippen LogP contribution < -0.4 is 16.4 Å². The monoisotopic (exact) mass is 267 g/mol. The van der Waals surface area contributed by atoms with Crippen LogP contribution in [0.4, 0.5) is 11.5 Å². The van der Waals surface area contributed by atoms with Gasteiger partial charge < -0.3 is 16.4 Å². The second-order valence-corrected chi connectivity index (χ2v) is 5.17. The summed E-state index contributed by atoms with van der Waals surface area (Å²) >= 11 is 0. The highest BCUT2D eigenvalue weighted by Gasteiger charge is 2.18. The van der Waals surface area contributed by atoms with E-state index in [2.05, 4.69) is 29.6 Å². The molecule has 0 fully saturated rings. The van der Waals surface area contributed by atoms with Crippen molar-refractivity contribution >= 4 is 17.4 Å². The number of anilines is 2. The summed E-state index contributed by atoms with van der Waals surface area (Å²) in [5.74, 6) is 1.12. The predicted octanol–water partition coefficient (Wildman–Crippen LogP) is 1.37. The van der Waals surface area contributed by atoms with Gasteiger partial charge in [-0.3, -0.25) is 4.79 Å². The molecule has 1 rings (SSSR count). The summed E-state index contributed by atoms with van der Waals surface area (Å²) in [6.45, 7) is 11.2. The van der Waals surface area contributed by atoms with Gasteiger partial charge in [0.2, 0.25) is 5.91 Å². The van der Waals surface area contributed by atoms with Crippen molar-refractivity contribution in [1.29, 1.82) is 0 Å². The van der Waals surface area contributed by atoms with E-state index in [9.17, 15) is 4.79 Å². The van der Waals surface area contributed by atoms with Crippen LogP contribution >= 0.6 is 0 Å². The third-order valence-electron chi connectivity index (χ3n) is 2.90. The molecule has 0 radical (unpaired) electrons. The lowest BCUT2D eigenvalue weighted by molar-refractivity contribution is -0.121. The zero-order valence-electron chi connectivity index (χ0n) is 12.4. The number of aryl methyl sites for hydroxylation is 2. The molecule has 4 N–H and O–H groups in total. The van der Waals surface area contributed by atoms with Gasteiger partial charge in [0.1, 0.15) is 11.9 Å². The van der Waals surface area contributed by atoms with Crippen molar-refractivity contribution in [3.63, 3.8) is 0 Å². The Hall–Kier alpha value is -1.72. The van der Waals surface area contributed by atoms with Gasteiger partial charge >= 0.3 is 0 Å². The van der Waals surface area contributed by atoms with Crippen molar-refractivity contribution < 1.29 is 4.79 Å². The standard InChI is InChI=1S/C13H25N5O/c1-6-18-12(11(14)9(4)17-18)16-10(5)13(19)15-7-8(2)3/h8,10,16H,6-7,14H2,1-5H3,(H,15,19). The summed E-state index contributed by atoms with van der Waals surface area (Å²) in [5.41, 5.74) is 7.35. The van der Waals surface area contributed by atoms with Gasteiger partial charge in [0, 0.05) is 13.1 Å². The highest BCUT2D eigenvalue weighted by molar-refractivity contribution is 5.85. The largest absolute Gasteiger partial charge is 0.394 e. The normalized spacial score (nSPS) is 12.5. The molecule has 0 aliphatic rings. The Labute approximate surface area is 114 Å². The van der Waals surface area contributed by atoms with Crippen LogP contribution in [0.2, 0.25) is 0 Å². The predicted molar refractivity (Wildman–Crippen MR) is 78.0 cm³/mol. The summed E-state index contributed by atoms with van der Waals surface area (Å²) in [7, 11) is 0. The fourth-order valence-electron chi connectivity index (χ4n) is 1.70. The molecule has 19 heavy (non-hydrogen) atoms. The fraction of sp³-hybridized carbons (Fsp3) is 0.692. The lowest BCUT2D eigenvalue weighted by Gasteiger charge is -2.17. The van der Waals surface area contributed by atoms with Gasteiger partial charge in [-0.15, -0.1) is 0 Å². The number of nitrogens with two attached hydrogens (primary N) is 1. The molecule has 1 aromatic rings. The van der Waals surface area contributed by atoms with E-state index in [1.165, 1.54) is 0 Å². The first kappa shape index (κ1) is 15.3. The molecule has 0 aliphatic carbocycles. The summed E-state index contributed by atoms with van der Waals surface area (Å²) in [4.78, 5) is 11.9. The first-order valence-electron chi connectivity index (χ1n) is 6.73. The number of hydrogen-bond donors (Lipinski definition) is 3. The number of amides is 1. The Morgan fingerprint density at radius 1 is 1.42 bits per heavy atom. The van der Waals surface area contributed by atoms with Gasteiger partial charge in [-0.25, -0.2) is 4.68 Å². The number of hydrogen-bond acceptors (Lipinski definition) is 4. The zero-order chi connectivity index (χ0) is 14.6. The third kappa shape index (κ3) is 3.87. The maximum atomic E-state index is 11.9. The molecule has 1 amide bonds. The molecule has 0 spiro atoms. The van der Waals surface area contributed by atoms with Gasteiger partial charge in [-0.2, -0.15) is 5.10 Å². The number of nitrogen functional groups attached to an aromatic ring is 1. The topological polar surface area (TPSA) is 85.0 Å². The number of carbonyl (C=O) groups excluding carboxylic acids is 1. The lowest BCUT2D eigenvalue weighted by atomic mass is 10.2. The number of nitrogens with zero attached hydrogens (tertiary/aromatic N) is 2. The Balaban J connectivity index is 2.71. The van der Waals surface area contributed by atoms with E-state index >= 15 is 0 Å². The highest BCUT2D eigenvalue weighted by Crippen LogP contribution is 2.22. The number of nitrogens with one attached hydrogen (secondary N) is 2. The smallest absolute Gasteiger partial charge is 0.242 e. The molecule has 1 atom stereocenters. The first-order chi connectivity index (χ1) is 8.86. The SMILES string of the molecule is CCn1nc(C)c(N)c1NC(C)C(=O)NCC(C)C. The summed E-state index contributed by atoms with van der Waals surface area (Å²) in [5, 5.41) is 10.3. The Morgan fingerprint density at radius 2 is 2.05 bits per heavy atom. The van der Waals surface area contributed by atoms with Crippen LogP contribution in [-0.4, -0.2) is 28.3 Å². The molecule has 0 bridgehead atoms. The van der Waals surface area contributed by atoms with Gasteiger partial charge in [-0.1, -0.05) is 13.8 Å². The van der Waals surface area contributed by atoms with Crippen LogP contribution in [-0.2, 0) is 11.3 Å². The highest BCUT2D eigenvalue weighted by atomic mass is 16.2. The van der Waals surface area contributed by atoms with Crippen LogP contribution in [0.15, 0.2) is 0 Å². The maximum absolute atomic E-state index is 11.9. The van der Waals surface area contributed by atoms with E-state index in [0.29, 0.717) is 30.5 Å². The Morgan fingerprint density at radius 3 is 2.58 bits per heavy atom. The number of carbonyl (C=O) groups is 1. The number of aromatic nitrogens is 2. The van der Waals surface area contributed by atoms with E-state index in [0.717, 1.165) is 5.69 Å². The van der Waals surface area contributed by atoms with E-state index in [1.54, 1.807) is 4.68 Å². The molecule has 0 saturated carbocycles. The Bertz CT molecular complexity index is 438. The van der Waals surface area contributed by atoms with Crippen molar-refractivity contribution in [3.05, 3.63) is 5.69 Å².